The summed E-state index contributed by atoms with van der Waals surface area (Å²) >= 11 is 2.69. The van der Waals surface area contributed by atoms with Gasteiger partial charge in [0, 0.05) is 13.0 Å². The zero-order valence-corrected chi connectivity index (χ0v) is 12.7. The molecule has 1 saturated heterocycles. The monoisotopic (exact) mass is 317 g/mol. The van der Waals surface area contributed by atoms with E-state index in [4.69, 9.17) is 0 Å². The summed E-state index contributed by atoms with van der Waals surface area (Å²) in [6, 6.07) is -0.695. The number of amides is 1. The molecule has 1 aromatic rings. The number of β-amino-alcohol motifs (C(OH)–C–C–N with tert-alkyl or cyclic N) is 1. The van der Waals surface area contributed by atoms with Crippen molar-refractivity contribution in [2.45, 2.75) is 29.8 Å². The van der Waals surface area contributed by atoms with Crippen LogP contribution >= 0.6 is 23.1 Å². The van der Waals surface area contributed by atoms with Gasteiger partial charge in [0.2, 0.25) is 5.91 Å². The molecule has 110 valence electrons. The summed E-state index contributed by atoms with van der Waals surface area (Å²) < 4.78 is 5.37. The maximum Gasteiger partial charge on any atom is 0.328 e. The van der Waals surface area contributed by atoms with E-state index in [2.05, 4.69) is 14.9 Å². The lowest BCUT2D eigenvalue weighted by Gasteiger charge is -2.21. The van der Waals surface area contributed by atoms with E-state index in [1.54, 1.807) is 0 Å². The van der Waals surface area contributed by atoms with E-state index >= 15 is 0 Å². The van der Waals surface area contributed by atoms with E-state index < -0.39 is 18.1 Å². The number of ether oxygens (including phenoxy) is 1. The summed E-state index contributed by atoms with van der Waals surface area (Å²) in [5.74, 6) is -0.545. The predicted molar refractivity (Wildman–Crippen MR) is 73.5 cm³/mol. The lowest BCUT2D eigenvalue weighted by Crippen LogP contribution is -2.42. The number of hydrogen-bond acceptors (Lipinski definition) is 8. The summed E-state index contributed by atoms with van der Waals surface area (Å²) in [7, 11) is 1.27. The van der Waals surface area contributed by atoms with Gasteiger partial charge in [-0.2, -0.15) is 0 Å². The van der Waals surface area contributed by atoms with Gasteiger partial charge in [-0.15, -0.1) is 10.2 Å². The summed E-state index contributed by atoms with van der Waals surface area (Å²) in [6.07, 6.45) is -0.460. The molecule has 2 rings (SSSR count). The van der Waals surface area contributed by atoms with Gasteiger partial charge in [0.05, 0.1) is 19.0 Å². The van der Waals surface area contributed by atoms with Crippen LogP contribution in [-0.4, -0.2) is 63.6 Å². The molecule has 1 aromatic heterocycles. The van der Waals surface area contributed by atoms with Crippen LogP contribution in [-0.2, 0) is 14.3 Å². The number of aliphatic hydroxyl groups excluding tert-OH is 1. The molecule has 1 amide bonds. The Kier molecular flexibility index (Phi) is 4.95. The van der Waals surface area contributed by atoms with Gasteiger partial charge >= 0.3 is 5.97 Å². The summed E-state index contributed by atoms with van der Waals surface area (Å²) in [6.45, 7) is 2.00. The van der Waals surface area contributed by atoms with Crippen molar-refractivity contribution in [3.63, 3.8) is 0 Å². The maximum atomic E-state index is 12.1. The van der Waals surface area contributed by atoms with Gasteiger partial charge in [-0.3, -0.25) is 4.79 Å². The number of methoxy groups -OCH3 is 1. The Labute approximate surface area is 124 Å². The maximum absolute atomic E-state index is 12.1. The van der Waals surface area contributed by atoms with Crippen molar-refractivity contribution in [2.75, 3.05) is 19.4 Å². The molecule has 2 atom stereocenters. The van der Waals surface area contributed by atoms with Crippen molar-refractivity contribution >= 4 is 35.0 Å². The Balaban J connectivity index is 1.95. The van der Waals surface area contributed by atoms with Crippen molar-refractivity contribution in [1.82, 2.24) is 15.1 Å². The highest BCUT2D eigenvalue weighted by atomic mass is 32.2. The van der Waals surface area contributed by atoms with E-state index in [1.165, 1.54) is 35.1 Å². The Morgan fingerprint density at radius 1 is 1.55 bits per heavy atom. The normalized spacial score (nSPS) is 22.1. The van der Waals surface area contributed by atoms with Crippen LogP contribution in [0.25, 0.3) is 0 Å². The van der Waals surface area contributed by atoms with E-state index in [1.807, 2.05) is 6.92 Å². The van der Waals surface area contributed by atoms with Crippen LogP contribution < -0.4 is 0 Å². The Hall–Kier alpha value is -1.19. The molecule has 1 aliphatic rings. The van der Waals surface area contributed by atoms with Crippen LogP contribution in [0.4, 0.5) is 0 Å². The van der Waals surface area contributed by atoms with Crippen molar-refractivity contribution in [3.8, 4) is 0 Å². The lowest BCUT2D eigenvalue weighted by atomic mass is 10.2. The number of hydrogen-bond donors (Lipinski definition) is 1. The summed E-state index contributed by atoms with van der Waals surface area (Å²) in [5.41, 5.74) is 0. The third-order valence-corrected chi connectivity index (χ3v) is 4.86. The van der Waals surface area contributed by atoms with Crippen molar-refractivity contribution in [3.05, 3.63) is 5.01 Å². The number of thioether (sulfide) groups is 1. The minimum absolute atomic E-state index is 0.161. The van der Waals surface area contributed by atoms with Gasteiger partial charge in [-0.05, 0) is 6.92 Å². The number of esters is 1. The number of rotatable bonds is 4. The van der Waals surface area contributed by atoms with Gasteiger partial charge in [0.1, 0.15) is 11.0 Å². The molecular weight excluding hydrogens is 302 g/mol. The van der Waals surface area contributed by atoms with Crippen LogP contribution in [0.3, 0.4) is 0 Å². The standard InChI is InChI=1S/C11H15N3O4S2/c1-6-12-13-11(20-6)19-5-9(16)14-4-7(15)3-8(14)10(17)18-2/h7-8,15H,3-5H2,1-2H3/t7-,8+/m1/s1. The number of carbonyl (C=O) groups excluding carboxylic acids is 2. The zero-order chi connectivity index (χ0) is 14.7. The molecule has 1 N–H and O–H groups in total. The lowest BCUT2D eigenvalue weighted by molar-refractivity contribution is -0.150. The first-order chi connectivity index (χ1) is 9.51. The Morgan fingerprint density at radius 2 is 2.30 bits per heavy atom. The predicted octanol–water partition coefficient (Wildman–Crippen LogP) is 0.0734. The molecular formula is C11H15N3O4S2. The first kappa shape index (κ1) is 15.2. The third-order valence-electron chi connectivity index (χ3n) is 2.90. The third kappa shape index (κ3) is 3.47. The SMILES string of the molecule is COC(=O)[C@@H]1C[C@@H](O)CN1C(=O)CSc1nnc(C)s1. The molecule has 9 heteroatoms. The van der Waals surface area contributed by atoms with Gasteiger partial charge in [-0.25, -0.2) is 4.79 Å². The number of likely N-dealkylation sites (tertiary alicyclic amines) is 1. The first-order valence-corrected chi connectivity index (χ1v) is 7.79. The molecule has 0 bridgehead atoms. The van der Waals surface area contributed by atoms with Crippen molar-refractivity contribution in [2.24, 2.45) is 0 Å². The molecule has 0 aromatic carbocycles. The smallest absolute Gasteiger partial charge is 0.328 e. The van der Waals surface area contributed by atoms with Gasteiger partial charge in [0.15, 0.2) is 4.34 Å². The molecule has 0 saturated carbocycles. The second kappa shape index (κ2) is 6.51. The fourth-order valence-corrected chi connectivity index (χ4v) is 3.69. The Bertz CT molecular complexity index is 508. The largest absolute Gasteiger partial charge is 0.467 e. The minimum atomic E-state index is -0.695. The number of carbonyl (C=O) groups is 2. The van der Waals surface area contributed by atoms with E-state index in [0.717, 1.165) is 5.01 Å². The van der Waals surface area contributed by atoms with Gasteiger partial charge in [-0.1, -0.05) is 23.1 Å². The number of nitrogens with zero attached hydrogens (tertiary/aromatic N) is 3. The molecule has 1 aliphatic heterocycles. The molecule has 0 aliphatic carbocycles. The fraction of sp³-hybridized carbons (Fsp3) is 0.636. The second-order valence-corrected chi connectivity index (χ2v) is 6.75. The van der Waals surface area contributed by atoms with Crippen LogP contribution in [0, 0.1) is 6.92 Å². The molecule has 0 unspecified atom stereocenters. The van der Waals surface area contributed by atoms with E-state index in [0.29, 0.717) is 4.34 Å². The molecule has 20 heavy (non-hydrogen) atoms. The highest BCUT2D eigenvalue weighted by Gasteiger charge is 2.39. The van der Waals surface area contributed by atoms with E-state index in [-0.39, 0.29) is 24.6 Å². The van der Waals surface area contributed by atoms with Crippen LogP contribution in [0.2, 0.25) is 0 Å². The van der Waals surface area contributed by atoms with Crippen molar-refractivity contribution < 1.29 is 19.4 Å². The first-order valence-electron chi connectivity index (χ1n) is 5.99. The van der Waals surface area contributed by atoms with Crippen LogP contribution in [0.1, 0.15) is 11.4 Å². The zero-order valence-electron chi connectivity index (χ0n) is 11.1. The average molecular weight is 317 g/mol. The highest BCUT2D eigenvalue weighted by molar-refractivity contribution is 8.01. The van der Waals surface area contributed by atoms with Crippen LogP contribution in [0.5, 0.6) is 0 Å². The van der Waals surface area contributed by atoms with Gasteiger partial charge < -0.3 is 14.7 Å². The Morgan fingerprint density at radius 3 is 2.90 bits per heavy atom. The van der Waals surface area contributed by atoms with Gasteiger partial charge in [0.25, 0.3) is 0 Å². The number of aryl methyl sites for hydroxylation is 1. The topological polar surface area (TPSA) is 92.6 Å². The quantitative estimate of drug-likeness (QED) is 0.620. The molecule has 2 heterocycles. The summed E-state index contributed by atoms with van der Waals surface area (Å²) in [4.78, 5) is 25.1. The average Bonchev–Trinajstić information content (AvgIpc) is 3.01. The molecule has 7 nitrogen and oxygen atoms in total. The van der Waals surface area contributed by atoms with Crippen molar-refractivity contribution in [1.29, 1.82) is 0 Å². The number of aromatic nitrogens is 2. The number of aliphatic hydroxyl groups is 1. The molecule has 0 radical (unpaired) electrons. The highest BCUT2D eigenvalue weighted by Crippen LogP contribution is 2.25. The molecule has 1 fully saturated rings. The fourth-order valence-electron chi connectivity index (χ4n) is 1.99. The molecule has 0 spiro atoms. The summed E-state index contributed by atoms with van der Waals surface area (Å²) in [5, 5.41) is 18.2. The minimum Gasteiger partial charge on any atom is -0.467 e. The van der Waals surface area contributed by atoms with Crippen LogP contribution in [0.15, 0.2) is 4.34 Å². The van der Waals surface area contributed by atoms with E-state index in [9.17, 15) is 14.7 Å². The second-order valence-electron chi connectivity index (χ2n) is 4.35.